The number of aromatic nitrogens is 3. The smallest absolute Gasteiger partial charge is 0.399 e. The van der Waals surface area contributed by atoms with Gasteiger partial charge in [-0.25, -0.2) is 13.8 Å². The maximum Gasteiger partial charge on any atom is 0.502 e. The fraction of sp³-hybridized carbons (Fsp3) is 0.289. The molecule has 3 aromatic heterocycles. The number of nitro groups is 3. The summed E-state index contributed by atoms with van der Waals surface area (Å²) in [4.78, 5) is 85.3. The van der Waals surface area contributed by atoms with Gasteiger partial charge in [0.25, 0.3) is 34.8 Å². The third kappa shape index (κ3) is 17.7. The van der Waals surface area contributed by atoms with Crippen molar-refractivity contribution in [3.8, 4) is 22.5 Å². The molecule has 6 aromatic carbocycles. The van der Waals surface area contributed by atoms with Gasteiger partial charge in [0, 0.05) is 72.3 Å². The van der Waals surface area contributed by atoms with Gasteiger partial charge >= 0.3 is 7.12 Å². The summed E-state index contributed by atoms with van der Waals surface area (Å²) in [6, 6.07) is 45.8. The van der Waals surface area contributed by atoms with Crippen LogP contribution < -0.4 is 26.3 Å². The van der Waals surface area contributed by atoms with Gasteiger partial charge in [-0.1, -0.05) is 72.8 Å². The number of carbonyl (C=O) groups excluding carboxylic acids is 3. The molecule has 0 spiro atoms. The molecule has 4 heterocycles. The number of halogens is 3. The lowest BCUT2D eigenvalue weighted by atomic mass is 9.78. The van der Waals surface area contributed by atoms with E-state index in [0.717, 1.165) is 124 Å². The highest BCUT2D eigenvalue weighted by Crippen LogP contribution is 2.39. The summed E-state index contributed by atoms with van der Waals surface area (Å²) in [6.07, 6.45) is 13.5. The molecule has 4 aliphatic rings. The fourth-order valence-corrected chi connectivity index (χ4v) is 13.2. The number of carbonyl (C=O) groups is 3. The van der Waals surface area contributed by atoms with Crippen molar-refractivity contribution in [3.63, 3.8) is 0 Å². The molecule has 25 heteroatoms. The average Bonchev–Trinajstić information content (AvgIpc) is 1.62. The lowest BCUT2D eigenvalue weighted by Gasteiger charge is -2.32. The van der Waals surface area contributed by atoms with E-state index in [-0.39, 0.29) is 69.6 Å². The zero-order valence-electron chi connectivity index (χ0n) is 56.7. The second-order valence-electron chi connectivity index (χ2n) is 25.7. The zero-order valence-corrected chi connectivity index (χ0v) is 58.2. The zero-order chi connectivity index (χ0) is 72.1. The number of nitrogens with one attached hydrogen (secondary N) is 3. The molecule has 3 N–H and O–H groups in total. The first kappa shape index (κ1) is 73.2. The van der Waals surface area contributed by atoms with Crippen LogP contribution in [0, 0.1) is 42.0 Å². The van der Waals surface area contributed by atoms with E-state index in [1.165, 1.54) is 46.8 Å². The molecule has 520 valence electrons. The Kier molecular flexibility index (Phi) is 23.7. The number of anilines is 1. The average molecular weight is 1430 g/mol. The molecule has 101 heavy (non-hydrogen) atoms. The van der Waals surface area contributed by atoms with Gasteiger partial charge in [-0.15, -0.1) is 0 Å². The summed E-state index contributed by atoms with van der Waals surface area (Å²) in [5, 5.41) is 43.3. The van der Waals surface area contributed by atoms with E-state index in [1.807, 2.05) is 77.9 Å². The highest BCUT2D eigenvalue weighted by Gasteiger charge is 2.53. The molecule has 1 unspecified atom stereocenters. The van der Waals surface area contributed by atoms with E-state index < -0.39 is 44.7 Å². The van der Waals surface area contributed by atoms with E-state index in [4.69, 9.17) is 9.31 Å². The van der Waals surface area contributed by atoms with Gasteiger partial charge in [-0.2, -0.15) is 0 Å². The normalized spacial score (nSPS) is 16.6. The molecule has 0 saturated carbocycles. The summed E-state index contributed by atoms with van der Waals surface area (Å²) in [5.41, 5.74) is 9.01. The molecule has 0 radical (unpaired) electrons. The van der Waals surface area contributed by atoms with E-state index in [0.29, 0.717) is 32.6 Å². The lowest BCUT2D eigenvalue weighted by molar-refractivity contribution is -0.384. The first-order valence-corrected chi connectivity index (χ1v) is 34.2. The Balaban J connectivity index is 0.000000149. The van der Waals surface area contributed by atoms with Crippen LogP contribution >= 0.6 is 15.9 Å². The summed E-state index contributed by atoms with van der Waals surface area (Å²) in [5.74, 6) is -1.72. The Morgan fingerprint density at radius 3 is 1.31 bits per heavy atom. The Morgan fingerprint density at radius 1 is 0.515 bits per heavy atom. The maximum atomic E-state index is 13.7. The molecular formula is C76H76BBrF2N10O11. The second-order valence-corrected chi connectivity index (χ2v) is 26.5. The van der Waals surface area contributed by atoms with Crippen LogP contribution in [-0.2, 0) is 28.6 Å². The van der Waals surface area contributed by atoms with Gasteiger partial charge in [0.05, 0.1) is 72.1 Å². The monoisotopic (exact) mass is 1430 g/mol. The number of pyridine rings is 3. The molecule has 1 fully saturated rings. The van der Waals surface area contributed by atoms with Crippen LogP contribution in [0.2, 0.25) is 0 Å². The number of nitro benzene ring substituents is 3. The van der Waals surface area contributed by atoms with Gasteiger partial charge in [0.2, 0.25) is 0 Å². The molecular weight excluding hydrogens is 1360 g/mol. The van der Waals surface area contributed by atoms with Crippen LogP contribution in [-0.4, -0.2) is 78.9 Å². The van der Waals surface area contributed by atoms with Crippen LogP contribution in [0.5, 0.6) is 0 Å². The number of hydrogen-bond acceptors (Lipinski definition) is 15. The lowest BCUT2D eigenvalue weighted by Crippen LogP contribution is -2.41. The topological polar surface area (TPSA) is 277 Å². The van der Waals surface area contributed by atoms with Crippen molar-refractivity contribution in [2.45, 2.75) is 129 Å². The summed E-state index contributed by atoms with van der Waals surface area (Å²) >= 11 is 3.29. The number of aryl methyl sites for hydroxylation is 3. The summed E-state index contributed by atoms with van der Waals surface area (Å²) in [6.45, 7) is 13.0. The Bertz CT molecular complexity index is 4550. The fourth-order valence-electron chi connectivity index (χ4n) is 12.8. The Labute approximate surface area is 592 Å². The highest BCUT2D eigenvalue weighted by atomic mass is 79.9. The molecule has 3 aliphatic carbocycles. The van der Waals surface area contributed by atoms with E-state index in [9.17, 15) is 53.5 Å². The Hall–Kier alpha value is -10.5. The number of amides is 3. The minimum Gasteiger partial charge on any atom is -0.399 e. The number of benzene rings is 6. The van der Waals surface area contributed by atoms with Crippen LogP contribution in [0.4, 0.5) is 31.5 Å². The maximum absolute atomic E-state index is 13.7. The Morgan fingerprint density at radius 2 is 0.891 bits per heavy atom. The standard InChI is InChI=1S/C26H28N4O3.C22H18FN3O3.C16H15BrN2O.C12H15BFNO4/c1-3-29(4-2)20-12-13-25(30(32)33)22(17-20)24-16-19(14-15-27-24)26(31)28-23-11-7-9-18-8-5-6-10-21(18)23;23-16-8-9-21(26(28)29)18(13-16)20-12-15(10-11-24-20)22(27)25-19-7-3-5-14-4-1-2-6-17(14)19;17-15-10-12(8-9-18-15)16(20)19-14-7-3-5-11-4-1-2-6-13(11)14;1-11(2)12(3,4)19-13(18-11)9-7-8(14)5-6-10(9)15(16)17/h5-6,8,10,12-17,23H,3-4,7,9,11H2,1-2H3,(H,28,31);1-2,4,6,8-13,19H,3,5,7H2,(H,25,27);1-2,4,6,8-10,14H,3,5,7H2,(H,19,20);5-7H,1-4H3/t;19-;14-;/m.00./s1. The predicted octanol–water partition coefficient (Wildman–Crippen LogP) is 15.6. The van der Waals surface area contributed by atoms with E-state index >= 15 is 0 Å². The SMILES string of the molecule is CC1(C)OB(c2cc(F)ccc2[N+](=O)[O-])OC1(C)C.CCN(CC)c1ccc([N+](=O)[O-])c(-c2cc(C(=O)NC3CCCc4ccccc43)ccn2)c1.O=C(N[C@H]1CCCc2ccccc21)c1ccnc(-c2cc(F)ccc2[N+](=O)[O-])c1.O=C(N[C@H]1CCCc2ccccc21)c1ccnc(Br)c1. The molecule has 13 rings (SSSR count). The number of fused-ring (bicyclic) bond motifs is 3. The summed E-state index contributed by atoms with van der Waals surface area (Å²) < 4.78 is 39.1. The second kappa shape index (κ2) is 32.7. The van der Waals surface area contributed by atoms with E-state index in [1.54, 1.807) is 48.7 Å². The van der Waals surface area contributed by atoms with Crippen LogP contribution in [0.25, 0.3) is 22.5 Å². The third-order valence-corrected chi connectivity index (χ3v) is 19.2. The molecule has 1 saturated heterocycles. The van der Waals surface area contributed by atoms with Crippen LogP contribution in [0.15, 0.2) is 187 Å². The van der Waals surface area contributed by atoms with Crippen molar-refractivity contribution < 1.29 is 47.2 Å². The molecule has 0 bridgehead atoms. The molecule has 3 atom stereocenters. The van der Waals surface area contributed by atoms with Crippen molar-refractivity contribution in [1.82, 2.24) is 30.9 Å². The molecule has 1 aliphatic heterocycles. The van der Waals surface area contributed by atoms with Gasteiger partial charge in [-0.05, 0) is 221 Å². The van der Waals surface area contributed by atoms with E-state index in [2.05, 4.69) is 88.1 Å². The highest BCUT2D eigenvalue weighted by molar-refractivity contribution is 9.10. The van der Waals surface area contributed by atoms with Crippen molar-refractivity contribution in [2.24, 2.45) is 0 Å². The van der Waals surface area contributed by atoms with Crippen molar-refractivity contribution in [3.05, 3.63) is 279 Å². The summed E-state index contributed by atoms with van der Waals surface area (Å²) in [7, 11) is -0.943. The number of hydrogen-bond donors (Lipinski definition) is 3. The van der Waals surface area contributed by atoms with Crippen LogP contribution in [0.1, 0.15) is 163 Å². The minimum absolute atomic E-state index is 0.0304. The first-order chi connectivity index (χ1) is 48.4. The predicted molar refractivity (Wildman–Crippen MR) is 386 cm³/mol. The molecule has 3 amide bonds. The largest absolute Gasteiger partial charge is 0.502 e. The molecule has 9 aromatic rings. The van der Waals surface area contributed by atoms with Gasteiger partial charge in [0.1, 0.15) is 16.2 Å². The minimum atomic E-state index is -0.943. The quantitative estimate of drug-likeness (QED) is 0.0372. The first-order valence-electron chi connectivity index (χ1n) is 33.4. The van der Waals surface area contributed by atoms with Crippen molar-refractivity contribution in [1.29, 1.82) is 0 Å². The third-order valence-electron chi connectivity index (χ3n) is 18.8. The number of rotatable bonds is 15. The van der Waals surface area contributed by atoms with Gasteiger partial charge in [0.15, 0.2) is 0 Å². The van der Waals surface area contributed by atoms with Crippen LogP contribution in [0.3, 0.4) is 0 Å². The van der Waals surface area contributed by atoms with Crippen molar-refractivity contribution >= 4 is 69.0 Å². The molecule has 21 nitrogen and oxygen atoms in total. The van der Waals surface area contributed by atoms with Gasteiger partial charge in [-0.3, -0.25) is 54.7 Å². The van der Waals surface area contributed by atoms with Crippen molar-refractivity contribution in [2.75, 3.05) is 18.0 Å². The number of nitrogens with zero attached hydrogens (tertiary/aromatic N) is 7. The van der Waals surface area contributed by atoms with Gasteiger partial charge < -0.3 is 30.2 Å².